The monoisotopic (exact) mass is 569 g/mol. The highest BCUT2D eigenvalue weighted by Gasteiger charge is 2.51. The molecule has 10 nitrogen and oxygen atoms in total. The van der Waals surface area contributed by atoms with Crippen molar-refractivity contribution < 1.29 is 36.9 Å². The van der Waals surface area contributed by atoms with Crippen molar-refractivity contribution in [2.45, 2.75) is 56.3 Å². The van der Waals surface area contributed by atoms with E-state index in [-0.39, 0.29) is 30.1 Å². The molecule has 6 atom stereocenters. The van der Waals surface area contributed by atoms with Crippen LogP contribution in [-0.4, -0.2) is 64.6 Å². The smallest absolute Gasteiger partial charge is 0.359 e. The molecule has 3 aromatic rings. The standard InChI is InChI=1S/C25H27ClF3N5O5/c1-3-17-32-23(34(33-17)15-9-14(26)10-31-22(15)25(27,28)29)21-20(37-12-35-2)18(30)19-16(38-21)11-36-24(39-19)13-7-5-4-6-8-13/h4-10,16,18-21,24H,3,11-12,30H2,1-2H3/t16?,18?,19-,20?,21+,24?/m0/s1. The fourth-order valence-corrected chi connectivity index (χ4v) is 4.83. The van der Waals surface area contributed by atoms with Crippen LogP contribution < -0.4 is 5.73 Å². The molecule has 2 N–H and O–H groups in total. The van der Waals surface area contributed by atoms with Gasteiger partial charge in [-0.1, -0.05) is 48.9 Å². The van der Waals surface area contributed by atoms with Crippen molar-refractivity contribution in [2.75, 3.05) is 20.5 Å². The summed E-state index contributed by atoms with van der Waals surface area (Å²) in [6.07, 6.45) is -7.48. The largest absolute Gasteiger partial charge is 0.435 e. The Balaban J connectivity index is 1.54. The third kappa shape index (κ3) is 5.66. The molecule has 4 heterocycles. The van der Waals surface area contributed by atoms with Gasteiger partial charge in [0, 0.05) is 25.3 Å². The van der Waals surface area contributed by atoms with Crippen LogP contribution in [0.3, 0.4) is 0 Å². The number of benzene rings is 1. The van der Waals surface area contributed by atoms with Crippen molar-refractivity contribution in [2.24, 2.45) is 5.73 Å². The van der Waals surface area contributed by atoms with Crippen molar-refractivity contribution in [1.29, 1.82) is 0 Å². The molecule has 5 rings (SSSR count). The van der Waals surface area contributed by atoms with Gasteiger partial charge in [0.2, 0.25) is 0 Å². The number of rotatable bonds is 7. The Morgan fingerprint density at radius 2 is 1.97 bits per heavy atom. The van der Waals surface area contributed by atoms with E-state index in [0.29, 0.717) is 6.42 Å². The van der Waals surface area contributed by atoms with Crippen LogP contribution in [0.2, 0.25) is 5.02 Å². The molecule has 2 aliphatic rings. The van der Waals surface area contributed by atoms with Crippen LogP contribution in [0.15, 0.2) is 42.6 Å². The fraction of sp³-hybridized carbons (Fsp3) is 0.480. The van der Waals surface area contributed by atoms with Crippen molar-refractivity contribution in [3.05, 3.63) is 70.5 Å². The first-order valence-corrected chi connectivity index (χ1v) is 12.6. The maximum atomic E-state index is 13.9. The Morgan fingerprint density at radius 1 is 1.21 bits per heavy atom. The molecule has 210 valence electrons. The molecule has 39 heavy (non-hydrogen) atoms. The predicted molar refractivity (Wildman–Crippen MR) is 131 cm³/mol. The van der Waals surface area contributed by atoms with Crippen LogP contribution in [0.4, 0.5) is 13.2 Å². The third-order valence-corrected chi connectivity index (χ3v) is 6.67. The molecular formula is C25H27ClF3N5O5. The number of hydrogen-bond acceptors (Lipinski definition) is 9. The molecule has 0 bridgehead atoms. The van der Waals surface area contributed by atoms with Gasteiger partial charge in [-0.3, -0.25) is 0 Å². The Bertz CT molecular complexity index is 1280. The Labute approximate surface area is 227 Å². The van der Waals surface area contributed by atoms with Crippen molar-refractivity contribution in [3.63, 3.8) is 0 Å². The molecule has 1 aromatic carbocycles. The number of aryl methyl sites for hydroxylation is 1. The number of fused-ring (bicyclic) bond motifs is 1. The van der Waals surface area contributed by atoms with Crippen LogP contribution in [-0.2, 0) is 36.3 Å². The highest BCUT2D eigenvalue weighted by molar-refractivity contribution is 6.30. The second-order valence-electron chi connectivity index (χ2n) is 9.06. The summed E-state index contributed by atoms with van der Waals surface area (Å²) in [6.45, 7) is 1.74. The predicted octanol–water partition coefficient (Wildman–Crippen LogP) is 3.77. The maximum Gasteiger partial charge on any atom is 0.435 e. The topological polar surface area (TPSA) is 116 Å². The molecule has 0 amide bonds. The highest BCUT2D eigenvalue weighted by Crippen LogP contribution is 2.41. The van der Waals surface area contributed by atoms with Crippen LogP contribution in [0.1, 0.15) is 42.2 Å². The second kappa shape index (κ2) is 11.5. The van der Waals surface area contributed by atoms with E-state index < -0.39 is 54.3 Å². The van der Waals surface area contributed by atoms with Crippen molar-refractivity contribution >= 4 is 11.6 Å². The first kappa shape index (κ1) is 27.9. The zero-order valence-electron chi connectivity index (χ0n) is 21.0. The van der Waals surface area contributed by atoms with Gasteiger partial charge < -0.3 is 29.4 Å². The second-order valence-corrected chi connectivity index (χ2v) is 9.49. The molecular weight excluding hydrogens is 543 g/mol. The maximum absolute atomic E-state index is 13.9. The average Bonchev–Trinajstić information content (AvgIpc) is 3.36. The number of methoxy groups -OCH3 is 1. The minimum Gasteiger partial charge on any atom is -0.359 e. The Morgan fingerprint density at radius 3 is 2.67 bits per heavy atom. The van der Waals surface area contributed by atoms with E-state index in [0.717, 1.165) is 22.5 Å². The molecule has 0 saturated carbocycles. The van der Waals surface area contributed by atoms with E-state index >= 15 is 0 Å². The van der Waals surface area contributed by atoms with Gasteiger partial charge >= 0.3 is 6.18 Å². The number of halogens is 4. The number of pyridine rings is 1. The summed E-state index contributed by atoms with van der Waals surface area (Å²) in [6, 6.07) is 9.69. The van der Waals surface area contributed by atoms with E-state index in [9.17, 15) is 13.2 Å². The van der Waals surface area contributed by atoms with Gasteiger partial charge in [-0.2, -0.15) is 18.3 Å². The number of nitrogens with zero attached hydrogens (tertiary/aromatic N) is 4. The zero-order chi connectivity index (χ0) is 27.7. The number of alkyl halides is 3. The average molecular weight is 570 g/mol. The minimum absolute atomic E-state index is 0.00737. The summed E-state index contributed by atoms with van der Waals surface area (Å²) >= 11 is 6.05. The Hall–Kier alpha value is -2.65. The molecule has 0 aliphatic carbocycles. The molecule has 0 spiro atoms. The number of hydrogen-bond donors (Lipinski definition) is 1. The lowest BCUT2D eigenvalue weighted by Crippen LogP contribution is -2.63. The quantitative estimate of drug-likeness (QED) is 0.424. The SMILES string of the molecule is CCc1nc([C@@H]2OC3COC(c4ccccc4)O[C@@H]3C(N)C2OCOC)n(-c2cc(Cl)cnc2C(F)(F)F)n1. The summed E-state index contributed by atoms with van der Waals surface area (Å²) < 4.78 is 72.3. The molecule has 2 aromatic heterocycles. The normalized spacial score (nSPS) is 27.4. The first-order chi connectivity index (χ1) is 18.7. The van der Waals surface area contributed by atoms with Crippen LogP contribution in [0.25, 0.3) is 5.69 Å². The van der Waals surface area contributed by atoms with Gasteiger partial charge in [0.05, 0.1) is 23.4 Å². The number of ether oxygens (including phenoxy) is 5. The van der Waals surface area contributed by atoms with Crippen molar-refractivity contribution in [1.82, 2.24) is 19.7 Å². The number of aromatic nitrogens is 4. The minimum atomic E-state index is -4.78. The molecule has 2 aliphatic heterocycles. The lowest BCUT2D eigenvalue weighted by Gasteiger charge is -2.48. The summed E-state index contributed by atoms with van der Waals surface area (Å²) in [5.74, 6) is 0.324. The summed E-state index contributed by atoms with van der Waals surface area (Å²) in [5.41, 5.74) is 5.91. The highest BCUT2D eigenvalue weighted by atomic mass is 35.5. The lowest BCUT2D eigenvalue weighted by molar-refractivity contribution is -0.316. The lowest BCUT2D eigenvalue weighted by atomic mass is 9.91. The van der Waals surface area contributed by atoms with E-state index in [1.807, 2.05) is 30.3 Å². The van der Waals surface area contributed by atoms with Crippen LogP contribution in [0.5, 0.6) is 0 Å². The van der Waals surface area contributed by atoms with Crippen LogP contribution in [0, 0.1) is 0 Å². The fourth-order valence-electron chi connectivity index (χ4n) is 4.68. The number of nitrogens with two attached hydrogens (primary N) is 1. The third-order valence-electron chi connectivity index (χ3n) is 6.47. The van der Waals surface area contributed by atoms with E-state index in [4.69, 9.17) is 41.0 Å². The molecule has 14 heteroatoms. The van der Waals surface area contributed by atoms with Crippen molar-refractivity contribution in [3.8, 4) is 5.69 Å². The van der Waals surface area contributed by atoms with Gasteiger partial charge in [-0.15, -0.1) is 0 Å². The van der Waals surface area contributed by atoms with Gasteiger partial charge in [-0.25, -0.2) is 14.6 Å². The van der Waals surface area contributed by atoms with Gasteiger partial charge in [-0.05, 0) is 6.07 Å². The zero-order valence-corrected chi connectivity index (χ0v) is 21.8. The summed E-state index contributed by atoms with van der Waals surface area (Å²) in [5, 5.41) is 4.31. The molecule has 2 fully saturated rings. The van der Waals surface area contributed by atoms with E-state index in [1.165, 1.54) is 7.11 Å². The Kier molecular flexibility index (Phi) is 8.19. The molecule has 2 saturated heterocycles. The molecule has 0 radical (unpaired) electrons. The van der Waals surface area contributed by atoms with Crippen LogP contribution >= 0.6 is 11.6 Å². The molecule has 4 unspecified atom stereocenters. The van der Waals surface area contributed by atoms with E-state index in [2.05, 4.69) is 15.1 Å². The van der Waals surface area contributed by atoms with E-state index in [1.54, 1.807) is 6.92 Å². The van der Waals surface area contributed by atoms with Gasteiger partial charge in [0.15, 0.2) is 23.6 Å². The van der Waals surface area contributed by atoms with Gasteiger partial charge in [0.25, 0.3) is 0 Å². The summed E-state index contributed by atoms with van der Waals surface area (Å²) in [7, 11) is 1.44. The first-order valence-electron chi connectivity index (χ1n) is 12.2. The summed E-state index contributed by atoms with van der Waals surface area (Å²) in [4.78, 5) is 8.04. The van der Waals surface area contributed by atoms with Gasteiger partial charge in [0.1, 0.15) is 31.2 Å².